The molecule has 2 aromatic rings. The summed E-state index contributed by atoms with van der Waals surface area (Å²) < 4.78 is 26.6. The van der Waals surface area contributed by atoms with E-state index in [1.807, 2.05) is 12.1 Å². The zero-order valence-corrected chi connectivity index (χ0v) is 18.2. The molecule has 0 aliphatic carbocycles. The summed E-state index contributed by atoms with van der Waals surface area (Å²) in [6.45, 7) is 5.88. The fourth-order valence-electron chi connectivity index (χ4n) is 2.49. The summed E-state index contributed by atoms with van der Waals surface area (Å²) in [5, 5.41) is 12.8. The molecule has 1 amide bonds. The monoisotopic (exact) mass is 442 g/mol. The van der Waals surface area contributed by atoms with Crippen LogP contribution in [-0.2, 0) is 14.8 Å². The maximum atomic E-state index is 12.7. The molecule has 152 valence electrons. The number of carbonyl (C=O) groups excluding carboxylic acids is 1. The zero-order chi connectivity index (χ0) is 20.9. The Morgan fingerprint density at radius 3 is 2.36 bits per heavy atom. The van der Waals surface area contributed by atoms with E-state index < -0.39 is 15.3 Å². The van der Waals surface area contributed by atoms with Crippen LogP contribution >= 0.6 is 23.4 Å². The minimum absolute atomic E-state index is 0.0160. The number of rotatable bonds is 8. The number of hydrogen-bond acceptors (Lipinski definition) is 5. The average Bonchev–Trinajstić information content (AvgIpc) is 2.65. The largest absolute Gasteiger partial charge is 0.506 e. The van der Waals surface area contributed by atoms with E-state index in [0.717, 1.165) is 4.90 Å². The zero-order valence-electron chi connectivity index (χ0n) is 15.8. The number of phenolic OH excluding ortho intramolecular Hbond substituents is 1. The number of hydrogen-bond donors (Lipinski definition) is 2. The number of phenols is 1. The molecule has 2 N–H and O–H groups in total. The van der Waals surface area contributed by atoms with Crippen molar-refractivity contribution in [3.05, 3.63) is 47.5 Å². The van der Waals surface area contributed by atoms with Gasteiger partial charge in [0.1, 0.15) is 5.75 Å². The van der Waals surface area contributed by atoms with Crippen LogP contribution in [0.4, 0.5) is 5.69 Å². The molecule has 1 atom stereocenters. The Morgan fingerprint density at radius 2 is 1.79 bits per heavy atom. The van der Waals surface area contributed by atoms with Crippen molar-refractivity contribution in [3.8, 4) is 5.75 Å². The summed E-state index contributed by atoms with van der Waals surface area (Å²) in [4.78, 5) is 13.4. The molecule has 2 aromatic carbocycles. The van der Waals surface area contributed by atoms with Gasteiger partial charge in [-0.2, -0.15) is 4.31 Å². The van der Waals surface area contributed by atoms with Gasteiger partial charge >= 0.3 is 0 Å². The van der Waals surface area contributed by atoms with E-state index in [9.17, 15) is 18.3 Å². The summed E-state index contributed by atoms with van der Waals surface area (Å²) in [5.74, 6) is -0.553. The molecular weight excluding hydrogens is 420 g/mol. The van der Waals surface area contributed by atoms with Gasteiger partial charge in [0.25, 0.3) is 0 Å². The van der Waals surface area contributed by atoms with Crippen LogP contribution in [0.15, 0.2) is 52.3 Å². The number of benzene rings is 2. The van der Waals surface area contributed by atoms with Crippen LogP contribution in [0.3, 0.4) is 0 Å². The van der Waals surface area contributed by atoms with Crippen LogP contribution in [0.25, 0.3) is 0 Å². The molecule has 2 rings (SSSR count). The predicted molar refractivity (Wildman–Crippen MR) is 114 cm³/mol. The first-order valence-electron chi connectivity index (χ1n) is 8.75. The lowest BCUT2D eigenvalue weighted by Crippen LogP contribution is -2.30. The molecule has 0 saturated heterocycles. The van der Waals surface area contributed by atoms with Crippen molar-refractivity contribution in [2.75, 3.05) is 18.4 Å². The highest BCUT2D eigenvalue weighted by atomic mass is 35.5. The van der Waals surface area contributed by atoms with E-state index in [4.69, 9.17) is 11.6 Å². The van der Waals surface area contributed by atoms with Gasteiger partial charge in [-0.3, -0.25) is 4.79 Å². The van der Waals surface area contributed by atoms with Gasteiger partial charge in [0, 0.05) is 23.0 Å². The van der Waals surface area contributed by atoms with Gasteiger partial charge in [0.2, 0.25) is 15.9 Å². The normalized spacial score (nSPS) is 12.8. The van der Waals surface area contributed by atoms with Crippen LogP contribution in [-0.4, -0.2) is 42.1 Å². The Labute approximate surface area is 174 Å². The highest BCUT2D eigenvalue weighted by Crippen LogP contribution is 2.30. The summed E-state index contributed by atoms with van der Waals surface area (Å²) >= 11 is 7.19. The number of nitrogens with one attached hydrogen (secondary N) is 1. The van der Waals surface area contributed by atoms with Gasteiger partial charge in [-0.15, -0.1) is 11.8 Å². The summed E-state index contributed by atoms with van der Waals surface area (Å²) in [7, 11) is -3.70. The van der Waals surface area contributed by atoms with E-state index in [2.05, 4.69) is 5.32 Å². The molecule has 0 radical (unpaired) electrons. The lowest BCUT2D eigenvalue weighted by atomic mass is 10.3. The molecule has 0 saturated carbocycles. The Bertz CT molecular complexity index is 929. The van der Waals surface area contributed by atoms with Crippen LogP contribution in [0.1, 0.15) is 20.8 Å². The number of anilines is 1. The first-order chi connectivity index (χ1) is 13.2. The van der Waals surface area contributed by atoms with E-state index in [0.29, 0.717) is 18.1 Å². The van der Waals surface area contributed by atoms with Gasteiger partial charge in [-0.1, -0.05) is 25.4 Å². The maximum absolute atomic E-state index is 12.7. The standard InChI is InChI=1S/C19H23ClN2O4S2/c1-4-22(5-2)28(25,26)16-10-11-18(23)17(12-16)21-19(24)13(3)27-15-8-6-14(20)7-9-15/h6-13,23H,4-5H2,1-3H3,(H,21,24)/t13-/m0/s1. The lowest BCUT2D eigenvalue weighted by molar-refractivity contribution is -0.115. The molecule has 28 heavy (non-hydrogen) atoms. The third-order valence-corrected chi connectivity index (χ3v) is 7.47. The molecule has 0 aromatic heterocycles. The predicted octanol–water partition coefficient (Wildman–Crippen LogP) is 4.20. The number of thioether (sulfide) groups is 1. The van der Waals surface area contributed by atoms with Crippen molar-refractivity contribution in [1.82, 2.24) is 4.31 Å². The number of aromatic hydroxyl groups is 1. The molecule has 0 fully saturated rings. The molecule has 0 aliphatic heterocycles. The van der Waals surface area contributed by atoms with Crippen LogP contribution in [0.5, 0.6) is 5.75 Å². The fraction of sp³-hybridized carbons (Fsp3) is 0.316. The van der Waals surface area contributed by atoms with Gasteiger partial charge in [-0.25, -0.2) is 8.42 Å². The van der Waals surface area contributed by atoms with E-state index >= 15 is 0 Å². The van der Waals surface area contributed by atoms with Crippen LogP contribution in [0.2, 0.25) is 5.02 Å². The SMILES string of the molecule is CCN(CC)S(=O)(=O)c1ccc(O)c(NC(=O)[C@H](C)Sc2ccc(Cl)cc2)c1. The molecule has 9 heteroatoms. The molecular formula is C19H23ClN2O4S2. The highest BCUT2D eigenvalue weighted by molar-refractivity contribution is 8.00. The number of halogens is 1. The van der Waals surface area contributed by atoms with Crippen molar-refractivity contribution in [2.45, 2.75) is 35.8 Å². The summed E-state index contributed by atoms with van der Waals surface area (Å²) in [6, 6.07) is 11.0. The number of carbonyl (C=O) groups is 1. The van der Waals surface area contributed by atoms with Crippen LogP contribution < -0.4 is 5.32 Å². The van der Waals surface area contributed by atoms with Crippen molar-refractivity contribution >= 4 is 45.0 Å². The first-order valence-corrected chi connectivity index (χ1v) is 11.4. The van der Waals surface area contributed by atoms with E-state index in [1.165, 1.54) is 34.3 Å². The summed E-state index contributed by atoms with van der Waals surface area (Å²) in [5.41, 5.74) is 0.0572. The minimum Gasteiger partial charge on any atom is -0.506 e. The van der Waals surface area contributed by atoms with E-state index in [1.54, 1.807) is 32.9 Å². The highest BCUT2D eigenvalue weighted by Gasteiger charge is 2.23. The van der Waals surface area contributed by atoms with Crippen LogP contribution in [0, 0.1) is 0 Å². The quantitative estimate of drug-likeness (QED) is 0.472. The van der Waals surface area contributed by atoms with Crippen molar-refractivity contribution in [3.63, 3.8) is 0 Å². The smallest absolute Gasteiger partial charge is 0.243 e. The second-order valence-corrected chi connectivity index (χ2v) is 9.76. The Morgan fingerprint density at radius 1 is 1.18 bits per heavy atom. The van der Waals surface area contributed by atoms with Crippen molar-refractivity contribution < 1.29 is 18.3 Å². The summed E-state index contributed by atoms with van der Waals surface area (Å²) in [6.07, 6.45) is 0. The van der Waals surface area contributed by atoms with Crippen molar-refractivity contribution in [2.24, 2.45) is 0 Å². The van der Waals surface area contributed by atoms with Gasteiger partial charge in [0.15, 0.2) is 0 Å². The lowest BCUT2D eigenvalue weighted by Gasteiger charge is -2.19. The second-order valence-electron chi connectivity index (χ2n) is 5.97. The number of nitrogens with zero attached hydrogens (tertiary/aromatic N) is 1. The minimum atomic E-state index is -3.70. The number of amides is 1. The topological polar surface area (TPSA) is 86.7 Å². The van der Waals surface area contributed by atoms with Crippen molar-refractivity contribution in [1.29, 1.82) is 0 Å². The molecule has 0 unspecified atom stereocenters. The average molecular weight is 443 g/mol. The molecule has 0 spiro atoms. The third kappa shape index (κ3) is 5.41. The molecule has 0 aliphatic rings. The van der Waals surface area contributed by atoms with Gasteiger partial charge < -0.3 is 10.4 Å². The molecule has 0 heterocycles. The molecule has 6 nitrogen and oxygen atoms in total. The first kappa shape index (κ1) is 22.5. The van der Waals surface area contributed by atoms with E-state index in [-0.39, 0.29) is 22.2 Å². The Balaban J connectivity index is 2.18. The second kappa shape index (κ2) is 9.65. The van der Waals surface area contributed by atoms with Gasteiger partial charge in [0.05, 0.1) is 15.8 Å². The Kier molecular flexibility index (Phi) is 7.77. The third-order valence-electron chi connectivity index (χ3n) is 4.06. The molecule has 0 bridgehead atoms. The Hall–Kier alpha value is -1.74. The fourth-order valence-corrected chi connectivity index (χ4v) is 4.97. The maximum Gasteiger partial charge on any atom is 0.243 e. The van der Waals surface area contributed by atoms with Gasteiger partial charge in [-0.05, 0) is 49.4 Å². The number of sulfonamides is 1.